The molecule has 0 spiro atoms. The minimum atomic E-state index is -4.57. The van der Waals surface area contributed by atoms with Crippen molar-refractivity contribution in [1.82, 2.24) is 4.90 Å². The van der Waals surface area contributed by atoms with Gasteiger partial charge in [0, 0.05) is 0 Å². The average molecular weight is 411 g/mol. The van der Waals surface area contributed by atoms with Crippen LogP contribution in [-0.4, -0.2) is 36.2 Å². The maximum atomic E-state index is 14.4. The van der Waals surface area contributed by atoms with Crippen molar-refractivity contribution >= 4 is 5.97 Å². The van der Waals surface area contributed by atoms with Gasteiger partial charge in [-0.3, -0.25) is 9.69 Å². The number of methoxy groups -OCH3 is 1. The van der Waals surface area contributed by atoms with E-state index >= 15 is 0 Å². The van der Waals surface area contributed by atoms with Crippen molar-refractivity contribution in [2.75, 3.05) is 20.2 Å². The van der Waals surface area contributed by atoms with Gasteiger partial charge in [0.05, 0.1) is 24.6 Å². The van der Waals surface area contributed by atoms with Crippen molar-refractivity contribution in [3.8, 4) is 5.75 Å². The predicted molar refractivity (Wildman–Crippen MR) is 98.2 cm³/mol. The number of hydrogen-bond acceptors (Lipinski definition) is 3. The van der Waals surface area contributed by atoms with Gasteiger partial charge in [0.25, 0.3) is 0 Å². The van der Waals surface area contributed by atoms with Crippen LogP contribution in [0.15, 0.2) is 42.5 Å². The van der Waals surface area contributed by atoms with Crippen LogP contribution in [0.4, 0.5) is 17.6 Å². The normalized spacial score (nSPS) is 17.1. The second-order valence-corrected chi connectivity index (χ2v) is 7.03. The largest absolute Gasteiger partial charge is 0.494 e. The number of nitrogens with zero attached hydrogens (tertiary/aromatic N) is 1. The molecular weight excluding hydrogens is 390 g/mol. The van der Waals surface area contributed by atoms with Crippen molar-refractivity contribution in [3.05, 3.63) is 65.0 Å². The van der Waals surface area contributed by atoms with Gasteiger partial charge in [-0.2, -0.15) is 13.2 Å². The molecule has 0 radical (unpaired) electrons. The molecule has 1 aliphatic rings. The van der Waals surface area contributed by atoms with E-state index in [2.05, 4.69) is 0 Å². The monoisotopic (exact) mass is 411 g/mol. The van der Waals surface area contributed by atoms with Crippen LogP contribution < -0.4 is 4.74 Å². The Morgan fingerprint density at radius 2 is 1.83 bits per heavy atom. The highest BCUT2D eigenvalue weighted by Crippen LogP contribution is 2.41. The number of benzene rings is 2. The van der Waals surface area contributed by atoms with E-state index in [0.29, 0.717) is 31.5 Å². The number of carboxylic acid groups (broad SMARTS) is 1. The fourth-order valence-electron chi connectivity index (χ4n) is 3.84. The summed E-state index contributed by atoms with van der Waals surface area (Å²) in [6, 6.07) is 8.48. The lowest BCUT2D eigenvalue weighted by atomic mass is 9.89. The quantitative estimate of drug-likeness (QED) is 0.723. The molecule has 1 heterocycles. The fourth-order valence-corrected chi connectivity index (χ4v) is 3.84. The lowest BCUT2D eigenvalue weighted by molar-refractivity contribution is -0.143. The van der Waals surface area contributed by atoms with Crippen LogP contribution in [0.1, 0.15) is 35.6 Å². The number of likely N-dealkylation sites (tertiary alicyclic amines) is 1. The molecule has 8 heteroatoms. The molecule has 0 saturated carbocycles. The van der Waals surface area contributed by atoms with Crippen LogP contribution in [0.5, 0.6) is 5.75 Å². The standard InChI is InChI=1S/C21H21F4NO3/c1-29-18-7-6-14(12-17(18)22)19(26-10-8-13(9-11-26)20(27)28)15-4-2-3-5-16(15)21(23,24)25/h2-7,12-13,19H,8-11H2,1H3,(H,27,28). The van der Waals surface area contributed by atoms with E-state index in [0.717, 1.165) is 6.07 Å². The average Bonchev–Trinajstić information content (AvgIpc) is 2.68. The molecule has 1 atom stereocenters. The highest BCUT2D eigenvalue weighted by Gasteiger charge is 2.38. The molecule has 2 aromatic carbocycles. The Morgan fingerprint density at radius 3 is 2.38 bits per heavy atom. The third-order valence-corrected chi connectivity index (χ3v) is 5.30. The second-order valence-electron chi connectivity index (χ2n) is 7.03. The highest BCUT2D eigenvalue weighted by molar-refractivity contribution is 5.70. The van der Waals surface area contributed by atoms with Crippen LogP contribution in [0.2, 0.25) is 0 Å². The minimum absolute atomic E-state index is 0.00110. The summed E-state index contributed by atoms with van der Waals surface area (Å²) in [6.07, 6.45) is -3.93. The van der Waals surface area contributed by atoms with E-state index in [1.807, 2.05) is 0 Å². The Morgan fingerprint density at radius 1 is 1.17 bits per heavy atom. The summed E-state index contributed by atoms with van der Waals surface area (Å²) in [5, 5.41) is 9.21. The summed E-state index contributed by atoms with van der Waals surface area (Å²) < 4.78 is 60.3. The third-order valence-electron chi connectivity index (χ3n) is 5.30. The number of aliphatic carboxylic acids is 1. The van der Waals surface area contributed by atoms with E-state index in [4.69, 9.17) is 4.74 Å². The SMILES string of the molecule is COc1ccc(C(c2ccccc2C(F)(F)F)N2CCC(C(=O)O)CC2)cc1F. The lowest BCUT2D eigenvalue weighted by Crippen LogP contribution is -2.39. The Balaban J connectivity index is 2.06. The Bertz CT molecular complexity index is 876. The zero-order chi connectivity index (χ0) is 21.2. The van der Waals surface area contributed by atoms with Gasteiger partial charge in [-0.25, -0.2) is 4.39 Å². The van der Waals surface area contributed by atoms with Crippen LogP contribution >= 0.6 is 0 Å². The molecular formula is C21H21F4NO3. The number of halogens is 4. The summed E-state index contributed by atoms with van der Waals surface area (Å²) in [5.74, 6) is -2.11. The summed E-state index contributed by atoms with van der Waals surface area (Å²) in [5.41, 5.74) is -0.422. The molecule has 1 aliphatic heterocycles. The smallest absolute Gasteiger partial charge is 0.416 e. The van der Waals surface area contributed by atoms with Gasteiger partial charge in [0.2, 0.25) is 0 Å². The van der Waals surface area contributed by atoms with Gasteiger partial charge < -0.3 is 9.84 Å². The maximum Gasteiger partial charge on any atom is 0.416 e. The molecule has 0 aromatic heterocycles. The minimum Gasteiger partial charge on any atom is -0.494 e. The molecule has 1 saturated heterocycles. The van der Waals surface area contributed by atoms with Gasteiger partial charge in [-0.05, 0) is 55.3 Å². The number of ether oxygens (including phenoxy) is 1. The van der Waals surface area contributed by atoms with Crippen molar-refractivity contribution in [2.24, 2.45) is 5.92 Å². The van der Waals surface area contributed by atoms with Crippen LogP contribution in [0.25, 0.3) is 0 Å². The topological polar surface area (TPSA) is 49.8 Å². The first-order chi connectivity index (χ1) is 13.7. The second kappa shape index (κ2) is 8.41. The Labute approximate surface area is 165 Å². The number of rotatable bonds is 5. The molecule has 1 unspecified atom stereocenters. The van der Waals surface area contributed by atoms with E-state index in [-0.39, 0.29) is 11.3 Å². The first kappa shape index (κ1) is 21.1. The third kappa shape index (κ3) is 4.53. The zero-order valence-electron chi connectivity index (χ0n) is 15.7. The molecule has 1 N–H and O–H groups in total. The van der Waals surface area contributed by atoms with Gasteiger partial charge in [0.15, 0.2) is 11.6 Å². The summed E-state index contributed by atoms with van der Waals surface area (Å²) in [7, 11) is 1.31. The van der Waals surface area contributed by atoms with E-state index in [9.17, 15) is 27.5 Å². The molecule has 4 nitrogen and oxygen atoms in total. The summed E-state index contributed by atoms with van der Waals surface area (Å²) in [4.78, 5) is 13.0. The molecule has 1 fully saturated rings. The predicted octanol–water partition coefficient (Wildman–Crippen LogP) is 4.74. The zero-order valence-corrected chi connectivity index (χ0v) is 15.7. The first-order valence-electron chi connectivity index (χ1n) is 9.18. The number of carbonyl (C=O) groups is 1. The molecule has 0 aliphatic carbocycles. The van der Waals surface area contributed by atoms with Crippen molar-refractivity contribution < 1.29 is 32.2 Å². The lowest BCUT2D eigenvalue weighted by Gasteiger charge is -2.38. The Kier molecular flexibility index (Phi) is 6.12. The molecule has 3 rings (SSSR count). The van der Waals surface area contributed by atoms with Crippen molar-refractivity contribution in [1.29, 1.82) is 0 Å². The maximum absolute atomic E-state index is 14.4. The van der Waals surface area contributed by atoms with Crippen LogP contribution in [0.3, 0.4) is 0 Å². The van der Waals surface area contributed by atoms with Gasteiger partial charge in [-0.1, -0.05) is 24.3 Å². The van der Waals surface area contributed by atoms with Crippen LogP contribution in [-0.2, 0) is 11.0 Å². The van der Waals surface area contributed by atoms with Crippen LogP contribution in [0, 0.1) is 11.7 Å². The van der Waals surface area contributed by atoms with Crippen molar-refractivity contribution in [3.63, 3.8) is 0 Å². The van der Waals surface area contributed by atoms with Gasteiger partial charge in [0.1, 0.15) is 0 Å². The highest BCUT2D eigenvalue weighted by atomic mass is 19.4. The first-order valence-corrected chi connectivity index (χ1v) is 9.18. The van der Waals surface area contributed by atoms with Gasteiger partial charge in [-0.15, -0.1) is 0 Å². The number of carboxylic acids is 1. The Hall–Kier alpha value is -2.61. The van der Waals surface area contributed by atoms with E-state index in [1.54, 1.807) is 11.0 Å². The van der Waals surface area contributed by atoms with Crippen molar-refractivity contribution in [2.45, 2.75) is 25.1 Å². The summed E-state index contributed by atoms with van der Waals surface area (Å²) >= 11 is 0. The van der Waals surface area contributed by atoms with E-state index < -0.39 is 35.5 Å². The number of alkyl halides is 3. The molecule has 0 amide bonds. The van der Waals surface area contributed by atoms with E-state index in [1.165, 1.54) is 37.4 Å². The molecule has 29 heavy (non-hydrogen) atoms. The molecule has 2 aromatic rings. The number of hydrogen-bond donors (Lipinski definition) is 1. The number of piperidine rings is 1. The fraction of sp³-hybridized carbons (Fsp3) is 0.381. The summed E-state index contributed by atoms with van der Waals surface area (Å²) in [6.45, 7) is 0.586. The molecule has 156 valence electrons. The molecule has 0 bridgehead atoms. The van der Waals surface area contributed by atoms with Gasteiger partial charge >= 0.3 is 12.1 Å².